The highest BCUT2D eigenvalue weighted by Crippen LogP contribution is 2.02. The molecule has 0 saturated heterocycles. The van der Waals surface area contributed by atoms with E-state index < -0.39 is 24.5 Å². The third kappa shape index (κ3) is 5.34. The van der Waals surface area contributed by atoms with Gasteiger partial charge in [0.25, 0.3) is 0 Å². The zero-order valence-electron chi connectivity index (χ0n) is 8.93. The minimum absolute atomic E-state index is 0.0570. The molecule has 1 unspecified atom stereocenters. The van der Waals surface area contributed by atoms with Gasteiger partial charge in [-0.2, -0.15) is 0 Å². The van der Waals surface area contributed by atoms with Gasteiger partial charge < -0.3 is 21.3 Å². The van der Waals surface area contributed by atoms with Gasteiger partial charge >= 0.3 is 5.97 Å². The van der Waals surface area contributed by atoms with Gasteiger partial charge in [-0.1, -0.05) is 13.8 Å². The van der Waals surface area contributed by atoms with Crippen LogP contribution in [0.3, 0.4) is 0 Å². The maximum Gasteiger partial charge on any atom is 0.328 e. The number of carbonyl (C=O) groups is 2. The highest BCUT2D eigenvalue weighted by molar-refractivity contribution is 5.83. The van der Waals surface area contributed by atoms with Gasteiger partial charge in [0.15, 0.2) is 0 Å². The van der Waals surface area contributed by atoms with Crippen LogP contribution in [0.5, 0.6) is 0 Å². The minimum atomic E-state index is -1.26. The molecule has 0 heterocycles. The van der Waals surface area contributed by atoms with Gasteiger partial charge in [0.05, 0.1) is 6.61 Å². The molecule has 2 atom stereocenters. The van der Waals surface area contributed by atoms with Crippen LogP contribution in [0.25, 0.3) is 0 Å². The fourth-order valence-corrected chi connectivity index (χ4v) is 0.889. The lowest BCUT2D eigenvalue weighted by Crippen LogP contribution is -2.45. The molecule has 0 radical (unpaired) electrons. The Morgan fingerprint density at radius 2 is 1.93 bits per heavy atom. The Labute approximate surface area is 88.5 Å². The predicted molar refractivity (Wildman–Crippen MR) is 54.1 cm³/mol. The number of rotatable bonds is 6. The highest BCUT2D eigenvalue weighted by atomic mass is 16.4. The van der Waals surface area contributed by atoms with Crippen LogP contribution in [0.1, 0.15) is 20.3 Å². The number of aliphatic hydroxyl groups is 1. The lowest BCUT2D eigenvalue weighted by molar-refractivity contribution is -0.143. The fourth-order valence-electron chi connectivity index (χ4n) is 0.889. The molecule has 15 heavy (non-hydrogen) atoms. The van der Waals surface area contributed by atoms with E-state index in [1.807, 2.05) is 13.8 Å². The van der Waals surface area contributed by atoms with Crippen molar-refractivity contribution < 1.29 is 19.8 Å². The number of aliphatic hydroxyl groups excluding tert-OH is 1. The van der Waals surface area contributed by atoms with Crippen molar-refractivity contribution in [3.8, 4) is 0 Å². The summed E-state index contributed by atoms with van der Waals surface area (Å²) >= 11 is 0. The lowest BCUT2D eigenvalue weighted by atomic mass is 10.0. The summed E-state index contributed by atoms with van der Waals surface area (Å²) in [6.07, 6.45) is 0.0570. The Morgan fingerprint density at radius 3 is 2.27 bits per heavy atom. The van der Waals surface area contributed by atoms with Crippen LogP contribution < -0.4 is 11.1 Å². The van der Waals surface area contributed by atoms with Crippen molar-refractivity contribution in [2.24, 2.45) is 11.7 Å². The van der Waals surface area contributed by atoms with E-state index in [9.17, 15) is 9.59 Å². The van der Waals surface area contributed by atoms with Crippen LogP contribution in [-0.2, 0) is 9.59 Å². The van der Waals surface area contributed by atoms with Crippen molar-refractivity contribution in [2.75, 3.05) is 6.61 Å². The second-order valence-corrected chi connectivity index (χ2v) is 3.75. The number of nitrogens with one attached hydrogen (secondary N) is 1. The van der Waals surface area contributed by atoms with Crippen LogP contribution in [0.15, 0.2) is 0 Å². The molecule has 0 aromatic heterocycles. The first-order valence-electron chi connectivity index (χ1n) is 4.77. The van der Waals surface area contributed by atoms with Crippen molar-refractivity contribution in [1.82, 2.24) is 5.32 Å². The second kappa shape index (κ2) is 6.36. The Balaban J connectivity index is 4.07. The van der Waals surface area contributed by atoms with Crippen LogP contribution in [0.2, 0.25) is 0 Å². The van der Waals surface area contributed by atoms with E-state index in [-0.39, 0.29) is 18.4 Å². The molecule has 1 amide bonds. The third-order valence-electron chi connectivity index (χ3n) is 2.09. The Bertz CT molecular complexity index is 230. The maximum absolute atomic E-state index is 11.3. The average Bonchev–Trinajstić information content (AvgIpc) is 2.13. The van der Waals surface area contributed by atoms with Gasteiger partial charge in [0.2, 0.25) is 5.91 Å². The first-order valence-corrected chi connectivity index (χ1v) is 4.77. The number of hydrogen-bond acceptors (Lipinski definition) is 4. The molecule has 0 aromatic carbocycles. The monoisotopic (exact) mass is 218 g/mol. The Hall–Kier alpha value is -1.14. The zero-order chi connectivity index (χ0) is 12.0. The van der Waals surface area contributed by atoms with Crippen LogP contribution in [0.4, 0.5) is 0 Å². The topological polar surface area (TPSA) is 113 Å². The summed E-state index contributed by atoms with van der Waals surface area (Å²) in [5.41, 5.74) is 5.64. The van der Waals surface area contributed by atoms with Gasteiger partial charge in [-0.25, -0.2) is 4.79 Å². The van der Waals surface area contributed by atoms with E-state index in [1.165, 1.54) is 0 Å². The van der Waals surface area contributed by atoms with Gasteiger partial charge in [-0.05, 0) is 5.92 Å². The van der Waals surface area contributed by atoms with E-state index in [0.717, 1.165) is 0 Å². The van der Waals surface area contributed by atoms with Crippen molar-refractivity contribution in [2.45, 2.75) is 32.4 Å². The number of aliphatic carboxylic acids is 1. The summed E-state index contributed by atoms with van der Waals surface area (Å²) < 4.78 is 0. The summed E-state index contributed by atoms with van der Waals surface area (Å²) in [5.74, 6) is -1.57. The average molecular weight is 218 g/mol. The normalized spacial score (nSPS) is 14.7. The van der Waals surface area contributed by atoms with Gasteiger partial charge in [-0.15, -0.1) is 0 Å². The highest BCUT2D eigenvalue weighted by Gasteiger charge is 2.20. The number of amides is 1. The molecule has 0 rings (SSSR count). The van der Waals surface area contributed by atoms with Crippen LogP contribution >= 0.6 is 0 Å². The zero-order valence-corrected chi connectivity index (χ0v) is 8.93. The van der Waals surface area contributed by atoms with E-state index in [2.05, 4.69) is 5.32 Å². The van der Waals surface area contributed by atoms with Crippen LogP contribution in [0, 0.1) is 5.92 Å². The van der Waals surface area contributed by atoms with E-state index in [0.29, 0.717) is 0 Å². The first-order chi connectivity index (χ1) is 6.88. The Morgan fingerprint density at radius 1 is 1.40 bits per heavy atom. The molecule has 0 aliphatic heterocycles. The molecule has 0 spiro atoms. The number of carboxylic acid groups (broad SMARTS) is 1. The Kier molecular flexibility index (Phi) is 5.88. The molecule has 0 aliphatic carbocycles. The summed E-state index contributed by atoms with van der Waals surface area (Å²) in [4.78, 5) is 21.7. The van der Waals surface area contributed by atoms with Crippen molar-refractivity contribution in [3.05, 3.63) is 0 Å². The van der Waals surface area contributed by atoms with E-state index in [4.69, 9.17) is 15.9 Å². The SMILES string of the molecule is CC(C)C(N)CC(=O)N[C@H](CO)C(=O)O. The van der Waals surface area contributed by atoms with Gasteiger partial charge in [0.1, 0.15) is 6.04 Å². The van der Waals surface area contributed by atoms with Crippen molar-refractivity contribution in [1.29, 1.82) is 0 Å². The summed E-state index contributed by atoms with van der Waals surface area (Å²) in [6, 6.07) is -1.56. The standard InChI is InChI=1S/C9H18N2O4/c1-5(2)6(10)3-8(13)11-7(4-12)9(14)15/h5-7,12H,3-4,10H2,1-2H3,(H,11,13)(H,14,15)/t6?,7-/m1/s1. The number of carboxylic acids is 1. The molecule has 6 heteroatoms. The van der Waals surface area contributed by atoms with E-state index >= 15 is 0 Å². The maximum atomic E-state index is 11.3. The fraction of sp³-hybridized carbons (Fsp3) is 0.778. The first kappa shape index (κ1) is 13.9. The van der Waals surface area contributed by atoms with Gasteiger partial charge in [-0.3, -0.25) is 4.79 Å². The second-order valence-electron chi connectivity index (χ2n) is 3.75. The molecule has 0 bridgehead atoms. The molecule has 6 nitrogen and oxygen atoms in total. The number of carbonyl (C=O) groups excluding carboxylic acids is 1. The van der Waals surface area contributed by atoms with Crippen molar-refractivity contribution >= 4 is 11.9 Å². The quantitative estimate of drug-likeness (QED) is 0.453. The van der Waals surface area contributed by atoms with E-state index in [1.54, 1.807) is 0 Å². The third-order valence-corrected chi connectivity index (χ3v) is 2.09. The number of nitrogens with two attached hydrogens (primary N) is 1. The van der Waals surface area contributed by atoms with Crippen molar-refractivity contribution in [3.63, 3.8) is 0 Å². The predicted octanol–water partition coefficient (Wildman–Crippen LogP) is -1.08. The molecule has 0 saturated carbocycles. The molecular weight excluding hydrogens is 200 g/mol. The minimum Gasteiger partial charge on any atom is -0.480 e. The smallest absolute Gasteiger partial charge is 0.328 e. The van der Waals surface area contributed by atoms with Crippen LogP contribution in [-0.4, -0.2) is 40.8 Å². The summed E-state index contributed by atoms with van der Waals surface area (Å²) in [5, 5.41) is 19.4. The molecule has 0 fully saturated rings. The number of hydrogen-bond donors (Lipinski definition) is 4. The lowest BCUT2D eigenvalue weighted by Gasteiger charge is -2.17. The molecular formula is C9H18N2O4. The largest absolute Gasteiger partial charge is 0.480 e. The van der Waals surface area contributed by atoms with Gasteiger partial charge in [0, 0.05) is 12.5 Å². The molecule has 88 valence electrons. The molecule has 0 aliphatic rings. The molecule has 5 N–H and O–H groups in total. The summed E-state index contributed by atoms with van der Waals surface area (Å²) in [7, 11) is 0. The summed E-state index contributed by atoms with van der Waals surface area (Å²) in [6.45, 7) is 3.12. The molecule has 0 aromatic rings.